The maximum atomic E-state index is 12.6. The second-order valence-corrected chi connectivity index (χ2v) is 5.75. The third-order valence-corrected chi connectivity index (χ3v) is 4.29. The van der Waals surface area contributed by atoms with Crippen LogP contribution < -0.4 is 5.43 Å². The molecule has 24 heavy (non-hydrogen) atoms. The standard InChI is InChI=1S/C21H12O3/c22-16-12-19(13-6-2-1-3-7-13)24-21-14(16)10-11-18-20(21)15-8-4-5-9-17(15)23-18/h1-12H. The topological polar surface area (TPSA) is 43.4 Å². The minimum Gasteiger partial charge on any atom is -0.456 e. The molecule has 0 atom stereocenters. The van der Waals surface area contributed by atoms with Crippen LogP contribution in [0.25, 0.3) is 44.2 Å². The SMILES string of the molecule is O=c1cc(-c2ccccc2)oc2c1ccc1oc3ccccc3c12. The van der Waals surface area contributed by atoms with Gasteiger partial charge in [0.25, 0.3) is 0 Å². The Kier molecular flexibility index (Phi) is 2.65. The summed E-state index contributed by atoms with van der Waals surface area (Å²) in [5.74, 6) is 0.561. The molecule has 0 amide bonds. The first-order valence-corrected chi connectivity index (χ1v) is 7.75. The average Bonchev–Trinajstić information content (AvgIpc) is 3.01. The van der Waals surface area contributed by atoms with Gasteiger partial charge in [0, 0.05) is 17.0 Å². The zero-order chi connectivity index (χ0) is 16.1. The van der Waals surface area contributed by atoms with Crippen LogP contribution in [0.1, 0.15) is 0 Å². The monoisotopic (exact) mass is 312 g/mol. The summed E-state index contributed by atoms with van der Waals surface area (Å²) in [6.07, 6.45) is 0. The summed E-state index contributed by atoms with van der Waals surface area (Å²) in [5.41, 5.74) is 2.90. The number of hydrogen-bond acceptors (Lipinski definition) is 3. The van der Waals surface area contributed by atoms with Crippen molar-refractivity contribution >= 4 is 32.9 Å². The van der Waals surface area contributed by atoms with Crippen molar-refractivity contribution in [3.63, 3.8) is 0 Å². The van der Waals surface area contributed by atoms with Crippen LogP contribution in [0.2, 0.25) is 0 Å². The lowest BCUT2D eigenvalue weighted by Gasteiger charge is -2.04. The largest absolute Gasteiger partial charge is 0.456 e. The van der Waals surface area contributed by atoms with Gasteiger partial charge in [-0.15, -0.1) is 0 Å². The smallest absolute Gasteiger partial charge is 0.193 e. The molecule has 0 fully saturated rings. The molecule has 0 aliphatic carbocycles. The predicted molar refractivity (Wildman–Crippen MR) is 95.2 cm³/mol. The molecule has 0 saturated heterocycles. The summed E-state index contributed by atoms with van der Waals surface area (Å²) in [4.78, 5) is 12.6. The molecule has 114 valence electrons. The van der Waals surface area contributed by atoms with Gasteiger partial charge in [-0.2, -0.15) is 0 Å². The number of para-hydroxylation sites is 1. The lowest BCUT2D eigenvalue weighted by Crippen LogP contribution is -2.00. The average molecular weight is 312 g/mol. The molecule has 3 nitrogen and oxygen atoms in total. The molecule has 0 aliphatic heterocycles. The zero-order valence-electron chi connectivity index (χ0n) is 12.7. The second-order valence-electron chi connectivity index (χ2n) is 5.75. The summed E-state index contributed by atoms with van der Waals surface area (Å²) in [5, 5.41) is 2.36. The van der Waals surface area contributed by atoms with Gasteiger partial charge >= 0.3 is 0 Å². The van der Waals surface area contributed by atoms with E-state index < -0.39 is 0 Å². The van der Waals surface area contributed by atoms with Crippen molar-refractivity contribution in [3.05, 3.63) is 83.0 Å². The number of furan rings is 1. The summed E-state index contributed by atoms with van der Waals surface area (Å²) in [7, 11) is 0. The van der Waals surface area contributed by atoms with Gasteiger partial charge in [0.15, 0.2) is 5.43 Å². The van der Waals surface area contributed by atoms with Gasteiger partial charge in [-0.25, -0.2) is 0 Å². The Bertz CT molecular complexity index is 1260. The van der Waals surface area contributed by atoms with E-state index in [1.807, 2.05) is 60.7 Å². The molecule has 0 saturated carbocycles. The van der Waals surface area contributed by atoms with E-state index in [1.54, 1.807) is 12.1 Å². The summed E-state index contributed by atoms with van der Waals surface area (Å²) in [6.45, 7) is 0. The molecule has 0 unspecified atom stereocenters. The summed E-state index contributed by atoms with van der Waals surface area (Å²) >= 11 is 0. The van der Waals surface area contributed by atoms with E-state index in [9.17, 15) is 4.79 Å². The molecule has 0 radical (unpaired) electrons. The van der Waals surface area contributed by atoms with Crippen molar-refractivity contribution in [2.75, 3.05) is 0 Å². The van der Waals surface area contributed by atoms with Crippen LogP contribution in [-0.4, -0.2) is 0 Å². The first kappa shape index (κ1) is 13.1. The van der Waals surface area contributed by atoms with Crippen molar-refractivity contribution in [1.29, 1.82) is 0 Å². The highest BCUT2D eigenvalue weighted by Gasteiger charge is 2.15. The molecule has 0 aliphatic rings. The number of benzene rings is 3. The molecule has 5 rings (SSSR count). The third kappa shape index (κ3) is 1.82. The van der Waals surface area contributed by atoms with Crippen LogP contribution in [0.4, 0.5) is 0 Å². The molecule has 0 spiro atoms. The third-order valence-electron chi connectivity index (χ3n) is 4.29. The van der Waals surface area contributed by atoms with Gasteiger partial charge in [0.1, 0.15) is 22.5 Å². The van der Waals surface area contributed by atoms with Crippen molar-refractivity contribution in [2.45, 2.75) is 0 Å². The molecule has 3 heteroatoms. The normalized spacial score (nSPS) is 11.5. The quantitative estimate of drug-likeness (QED) is 0.418. The first-order valence-electron chi connectivity index (χ1n) is 7.75. The minimum absolute atomic E-state index is 0.0534. The van der Waals surface area contributed by atoms with E-state index in [-0.39, 0.29) is 5.43 Å². The molecule has 0 bridgehead atoms. The molecule has 2 heterocycles. The van der Waals surface area contributed by atoms with E-state index in [1.165, 1.54) is 0 Å². The highest BCUT2D eigenvalue weighted by atomic mass is 16.3. The maximum absolute atomic E-state index is 12.6. The van der Waals surface area contributed by atoms with E-state index >= 15 is 0 Å². The van der Waals surface area contributed by atoms with Crippen LogP contribution in [0.15, 0.2) is 86.4 Å². The minimum atomic E-state index is -0.0534. The predicted octanol–water partition coefficient (Wildman–Crippen LogP) is 5.36. The Balaban J connectivity index is 1.97. The van der Waals surface area contributed by atoms with Gasteiger partial charge in [-0.05, 0) is 18.2 Å². The van der Waals surface area contributed by atoms with Crippen LogP contribution in [0.3, 0.4) is 0 Å². The Morgan fingerprint density at radius 1 is 0.667 bits per heavy atom. The van der Waals surface area contributed by atoms with Crippen molar-refractivity contribution in [2.24, 2.45) is 0 Å². The van der Waals surface area contributed by atoms with Crippen molar-refractivity contribution in [1.82, 2.24) is 0 Å². The van der Waals surface area contributed by atoms with E-state index in [0.29, 0.717) is 16.7 Å². The highest BCUT2D eigenvalue weighted by molar-refractivity contribution is 6.16. The Morgan fingerprint density at radius 2 is 1.46 bits per heavy atom. The van der Waals surface area contributed by atoms with E-state index in [4.69, 9.17) is 8.83 Å². The molecule has 2 aromatic heterocycles. The Hall–Kier alpha value is -3.33. The van der Waals surface area contributed by atoms with Gasteiger partial charge in [-0.3, -0.25) is 4.79 Å². The maximum Gasteiger partial charge on any atom is 0.193 e. The first-order chi connectivity index (χ1) is 11.8. The Labute approximate surface area is 136 Å². The molecular formula is C21H12O3. The van der Waals surface area contributed by atoms with E-state index in [0.717, 1.165) is 27.5 Å². The molecule has 5 aromatic rings. The fourth-order valence-electron chi connectivity index (χ4n) is 3.17. The summed E-state index contributed by atoms with van der Waals surface area (Å²) < 4.78 is 12.0. The molecular weight excluding hydrogens is 300 g/mol. The van der Waals surface area contributed by atoms with Crippen molar-refractivity contribution < 1.29 is 8.83 Å². The summed E-state index contributed by atoms with van der Waals surface area (Å²) in [6, 6.07) is 22.6. The van der Waals surface area contributed by atoms with Crippen LogP contribution in [0, 0.1) is 0 Å². The lowest BCUT2D eigenvalue weighted by atomic mass is 10.1. The molecule has 0 N–H and O–H groups in total. The van der Waals surface area contributed by atoms with Gasteiger partial charge < -0.3 is 8.83 Å². The fourth-order valence-corrected chi connectivity index (χ4v) is 3.17. The van der Waals surface area contributed by atoms with Gasteiger partial charge in [-0.1, -0.05) is 48.5 Å². The zero-order valence-corrected chi connectivity index (χ0v) is 12.7. The van der Waals surface area contributed by atoms with Crippen molar-refractivity contribution in [3.8, 4) is 11.3 Å². The number of rotatable bonds is 1. The number of hydrogen-bond donors (Lipinski definition) is 0. The lowest BCUT2D eigenvalue weighted by molar-refractivity contribution is 0.621. The number of fused-ring (bicyclic) bond motifs is 5. The van der Waals surface area contributed by atoms with E-state index in [2.05, 4.69) is 0 Å². The van der Waals surface area contributed by atoms with Gasteiger partial charge in [0.2, 0.25) is 0 Å². The fraction of sp³-hybridized carbons (Fsp3) is 0. The van der Waals surface area contributed by atoms with Gasteiger partial charge in [0.05, 0.1) is 10.8 Å². The van der Waals surface area contributed by atoms with Crippen LogP contribution in [-0.2, 0) is 0 Å². The highest BCUT2D eigenvalue weighted by Crippen LogP contribution is 2.35. The second kappa shape index (κ2) is 4.83. The van der Waals surface area contributed by atoms with Crippen LogP contribution >= 0.6 is 0 Å². The van der Waals surface area contributed by atoms with Crippen LogP contribution in [0.5, 0.6) is 0 Å². The Morgan fingerprint density at radius 3 is 2.33 bits per heavy atom. The molecule has 3 aromatic carbocycles.